The van der Waals surface area contributed by atoms with Crippen LogP contribution in [0, 0.1) is 0 Å². The van der Waals surface area contributed by atoms with Gasteiger partial charge in [0.15, 0.2) is 0 Å². The maximum Gasteiger partial charge on any atom is 0.0206 e. The van der Waals surface area contributed by atoms with Crippen molar-refractivity contribution >= 4 is 0 Å². The van der Waals surface area contributed by atoms with Gasteiger partial charge in [-0.1, -0.05) is 37.3 Å². The molecule has 0 bridgehead atoms. The van der Waals surface area contributed by atoms with Crippen LogP contribution in [0.5, 0.6) is 0 Å². The molecular formula is C12H20N2. The zero-order valence-corrected chi connectivity index (χ0v) is 8.87. The van der Waals surface area contributed by atoms with Crippen LogP contribution >= 0.6 is 0 Å². The first-order valence-electron chi connectivity index (χ1n) is 5.33. The summed E-state index contributed by atoms with van der Waals surface area (Å²) in [5, 5.41) is 3.33. The van der Waals surface area contributed by atoms with Crippen molar-refractivity contribution < 1.29 is 0 Å². The standard InChI is InChI=1S/C12H20N2/c1-2-8-14-10-12(13)9-11-6-4-3-5-7-11/h3-7,12,14H,2,8-10,13H2,1H3. The van der Waals surface area contributed by atoms with Gasteiger partial charge in [0.05, 0.1) is 0 Å². The Morgan fingerprint density at radius 1 is 1.29 bits per heavy atom. The van der Waals surface area contributed by atoms with Gasteiger partial charge in [-0.05, 0) is 24.9 Å². The first-order valence-corrected chi connectivity index (χ1v) is 5.33. The molecule has 1 atom stereocenters. The Bertz CT molecular complexity index is 233. The molecule has 0 amide bonds. The summed E-state index contributed by atoms with van der Waals surface area (Å²) in [6.45, 7) is 4.13. The van der Waals surface area contributed by atoms with E-state index in [-0.39, 0.29) is 6.04 Å². The highest BCUT2D eigenvalue weighted by molar-refractivity contribution is 5.15. The number of benzene rings is 1. The molecule has 0 aliphatic carbocycles. The molecule has 0 aliphatic rings. The fourth-order valence-electron chi connectivity index (χ4n) is 1.45. The summed E-state index contributed by atoms with van der Waals surface area (Å²) >= 11 is 0. The molecule has 14 heavy (non-hydrogen) atoms. The fraction of sp³-hybridized carbons (Fsp3) is 0.500. The minimum absolute atomic E-state index is 0.226. The summed E-state index contributed by atoms with van der Waals surface area (Å²) in [7, 11) is 0. The SMILES string of the molecule is CCCNCC(N)Cc1ccccc1. The van der Waals surface area contributed by atoms with Crippen molar-refractivity contribution in [3.05, 3.63) is 35.9 Å². The van der Waals surface area contributed by atoms with Gasteiger partial charge in [-0.3, -0.25) is 0 Å². The Morgan fingerprint density at radius 3 is 2.64 bits per heavy atom. The highest BCUT2D eigenvalue weighted by atomic mass is 14.9. The summed E-state index contributed by atoms with van der Waals surface area (Å²) < 4.78 is 0. The molecule has 78 valence electrons. The van der Waals surface area contributed by atoms with Gasteiger partial charge in [0.25, 0.3) is 0 Å². The van der Waals surface area contributed by atoms with Gasteiger partial charge < -0.3 is 11.1 Å². The summed E-state index contributed by atoms with van der Waals surface area (Å²) in [6.07, 6.45) is 2.12. The van der Waals surface area contributed by atoms with E-state index in [1.807, 2.05) is 6.07 Å². The number of nitrogens with one attached hydrogen (secondary N) is 1. The second-order valence-electron chi connectivity index (χ2n) is 3.65. The third-order valence-corrected chi connectivity index (χ3v) is 2.17. The number of hydrogen-bond acceptors (Lipinski definition) is 2. The first-order chi connectivity index (χ1) is 6.83. The molecule has 3 N–H and O–H groups in total. The van der Waals surface area contributed by atoms with E-state index in [4.69, 9.17) is 5.73 Å². The lowest BCUT2D eigenvalue weighted by molar-refractivity contribution is 0.570. The molecule has 1 rings (SSSR count). The van der Waals surface area contributed by atoms with E-state index in [1.165, 1.54) is 5.56 Å². The third kappa shape index (κ3) is 4.40. The van der Waals surface area contributed by atoms with Crippen LogP contribution in [0.1, 0.15) is 18.9 Å². The predicted molar refractivity (Wildman–Crippen MR) is 61.3 cm³/mol. The van der Waals surface area contributed by atoms with Crippen molar-refractivity contribution in [3.8, 4) is 0 Å². The molecule has 0 heterocycles. The Labute approximate surface area is 86.5 Å². The van der Waals surface area contributed by atoms with Crippen molar-refractivity contribution in [2.24, 2.45) is 5.73 Å². The minimum Gasteiger partial charge on any atom is -0.326 e. The van der Waals surface area contributed by atoms with Gasteiger partial charge in [0.1, 0.15) is 0 Å². The second-order valence-corrected chi connectivity index (χ2v) is 3.65. The quantitative estimate of drug-likeness (QED) is 0.671. The summed E-state index contributed by atoms with van der Waals surface area (Å²) in [5.41, 5.74) is 7.30. The number of nitrogens with two attached hydrogens (primary N) is 1. The van der Waals surface area contributed by atoms with Crippen LogP contribution in [-0.4, -0.2) is 19.1 Å². The predicted octanol–water partition coefficient (Wildman–Crippen LogP) is 1.56. The lowest BCUT2D eigenvalue weighted by Crippen LogP contribution is -2.35. The van der Waals surface area contributed by atoms with Crippen LogP contribution < -0.4 is 11.1 Å². The fourth-order valence-corrected chi connectivity index (χ4v) is 1.45. The second kappa shape index (κ2) is 6.57. The molecule has 0 fully saturated rings. The zero-order valence-electron chi connectivity index (χ0n) is 8.87. The zero-order chi connectivity index (χ0) is 10.2. The molecule has 0 saturated heterocycles. The van der Waals surface area contributed by atoms with Crippen LogP contribution in [0.25, 0.3) is 0 Å². The van der Waals surface area contributed by atoms with Crippen LogP contribution in [0.4, 0.5) is 0 Å². The largest absolute Gasteiger partial charge is 0.326 e. The van der Waals surface area contributed by atoms with Crippen molar-refractivity contribution in [2.45, 2.75) is 25.8 Å². The lowest BCUT2D eigenvalue weighted by atomic mass is 10.1. The maximum absolute atomic E-state index is 5.98. The van der Waals surface area contributed by atoms with Crippen molar-refractivity contribution in [1.82, 2.24) is 5.32 Å². The van der Waals surface area contributed by atoms with Crippen LogP contribution in [-0.2, 0) is 6.42 Å². The Hall–Kier alpha value is -0.860. The maximum atomic E-state index is 5.98. The molecule has 0 saturated carbocycles. The van der Waals surface area contributed by atoms with Crippen molar-refractivity contribution in [2.75, 3.05) is 13.1 Å². The molecule has 0 aliphatic heterocycles. The molecule has 1 unspecified atom stereocenters. The van der Waals surface area contributed by atoms with E-state index in [0.717, 1.165) is 25.9 Å². The smallest absolute Gasteiger partial charge is 0.0206 e. The van der Waals surface area contributed by atoms with Crippen molar-refractivity contribution in [3.63, 3.8) is 0 Å². The minimum atomic E-state index is 0.226. The van der Waals surface area contributed by atoms with Gasteiger partial charge in [-0.15, -0.1) is 0 Å². The molecule has 0 radical (unpaired) electrons. The molecule has 0 aromatic heterocycles. The van der Waals surface area contributed by atoms with E-state index in [0.29, 0.717) is 0 Å². The average Bonchev–Trinajstić information content (AvgIpc) is 2.20. The van der Waals surface area contributed by atoms with Crippen LogP contribution in [0.3, 0.4) is 0 Å². The molecule has 1 aromatic carbocycles. The van der Waals surface area contributed by atoms with Crippen LogP contribution in [0.2, 0.25) is 0 Å². The highest BCUT2D eigenvalue weighted by Gasteiger charge is 2.02. The summed E-state index contributed by atoms with van der Waals surface area (Å²) in [5.74, 6) is 0. The summed E-state index contributed by atoms with van der Waals surface area (Å²) in [6, 6.07) is 10.6. The molecule has 0 spiro atoms. The van der Waals surface area contributed by atoms with E-state index in [2.05, 4.69) is 36.5 Å². The summed E-state index contributed by atoms with van der Waals surface area (Å²) in [4.78, 5) is 0. The first kappa shape index (κ1) is 11.2. The van der Waals surface area contributed by atoms with E-state index in [9.17, 15) is 0 Å². The van der Waals surface area contributed by atoms with Crippen LogP contribution in [0.15, 0.2) is 30.3 Å². The Morgan fingerprint density at radius 2 is 2.00 bits per heavy atom. The molecule has 2 heteroatoms. The van der Waals surface area contributed by atoms with E-state index < -0.39 is 0 Å². The van der Waals surface area contributed by atoms with Crippen molar-refractivity contribution in [1.29, 1.82) is 0 Å². The van der Waals surface area contributed by atoms with E-state index >= 15 is 0 Å². The van der Waals surface area contributed by atoms with Gasteiger partial charge in [0, 0.05) is 12.6 Å². The van der Waals surface area contributed by atoms with Gasteiger partial charge in [0.2, 0.25) is 0 Å². The number of hydrogen-bond donors (Lipinski definition) is 2. The number of rotatable bonds is 6. The monoisotopic (exact) mass is 192 g/mol. The van der Waals surface area contributed by atoms with Gasteiger partial charge in [-0.2, -0.15) is 0 Å². The third-order valence-electron chi connectivity index (χ3n) is 2.17. The Balaban J connectivity index is 2.23. The normalized spacial score (nSPS) is 12.7. The van der Waals surface area contributed by atoms with Gasteiger partial charge in [-0.25, -0.2) is 0 Å². The Kier molecular flexibility index (Phi) is 5.27. The molecule has 2 nitrogen and oxygen atoms in total. The average molecular weight is 192 g/mol. The van der Waals surface area contributed by atoms with E-state index in [1.54, 1.807) is 0 Å². The lowest BCUT2D eigenvalue weighted by Gasteiger charge is -2.12. The molecule has 1 aromatic rings. The molecular weight excluding hydrogens is 172 g/mol. The highest BCUT2D eigenvalue weighted by Crippen LogP contribution is 2.00. The topological polar surface area (TPSA) is 38.0 Å². The van der Waals surface area contributed by atoms with Gasteiger partial charge >= 0.3 is 0 Å².